The summed E-state index contributed by atoms with van der Waals surface area (Å²) in [5.74, 6) is 0.137. The molecule has 1 aromatic heterocycles. The van der Waals surface area contributed by atoms with Gasteiger partial charge in [0.1, 0.15) is 5.75 Å². The van der Waals surface area contributed by atoms with E-state index in [1.165, 1.54) is 18.3 Å². The molecule has 0 unspecified atom stereocenters. The molecule has 1 aromatic carbocycles. The van der Waals surface area contributed by atoms with Crippen LogP contribution in [0.15, 0.2) is 41.8 Å². The van der Waals surface area contributed by atoms with E-state index in [0.29, 0.717) is 18.0 Å². The topological polar surface area (TPSA) is 66.9 Å². The van der Waals surface area contributed by atoms with Gasteiger partial charge in [0.2, 0.25) is 0 Å². The van der Waals surface area contributed by atoms with Crippen molar-refractivity contribution in [2.75, 3.05) is 32.9 Å². The molecule has 0 spiro atoms. The number of hydrogen-bond donors (Lipinski definition) is 0. The Morgan fingerprint density at radius 1 is 1.15 bits per heavy atom. The standard InChI is InChI=1S/C18H24N2O4S2/c1-4-26(22,23)24-16-8-5-7-15(13-16)14-20(11-10-19(2)3)18(21)17-9-6-12-25-17/h5-9,12-13H,4,10-11,14H2,1-3H3. The second-order valence-corrected chi connectivity index (χ2v) is 8.89. The van der Waals surface area contributed by atoms with Gasteiger partial charge in [0.05, 0.1) is 10.6 Å². The molecule has 0 saturated heterocycles. The maximum absolute atomic E-state index is 12.8. The van der Waals surface area contributed by atoms with Crippen molar-refractivity contribution < 1.29 is 17.4 Å². The number of likely N-dealkylation sites (N-methyl/N-ethyl adjacent to an activating group) is 1. The molecule has 0 aliphatic carbocycles. The summed E-state index contributed by atoms with van der Waals surface area (Å²) >= 11 is 1.41. The normalized spacial score (nSPS) is 11.5. The van der Waals surface area contributed by atoms with Gasteiger partial charge < -0.3 is 14.0 Å². The maximum atomic E-state index is 12.8. The van der Waals surface area contributed by atoms with Gasteiger partial charge in [0, 0.05) is 19.6 Å². The van der Waals surface area contributed by atoms with Crippen molar-refractivity contribution in [2.24, 2.45) is 0 Å². The number of carbonyl (C=O) groups is 1. The first kappa shape index (κ1) is 20.4. The molecule has 0 radical (unpaired) electrons. The van der Waals surface area contributed by atoms with Gasteiger partial charge in [-0.2, -0.15) is 8.42 Å². The number of hydrogen-bond acceptors (Lipinski definition) is 6. The van der Waals surface area contributed by atoms with Crippen molar-refractivity contribution in [1.29, 1.82) is 0 Å². The van der Waals surface area contributed by atoms with Crippen molar-refractivity contribution in [2.45, 2.75) is 13.5 Å². The van der Waals surface area contributed by atoms with Crippen LogP contribution in [0.4, 0.5) is 0 Å². The minimum atomic E-state index is -3.58. The van der Waals surface area contributed by atoms with Gasteiger partial charge in [0.25, 0.3) is 5.91 Å². The Morgan fingerprint density at radius 2 is 1.92 bits per heavy atom. The van der Waals surface area contributed by atoms with Crippen LogP contribution in [0.2, 0.25) is 0 Å². The molecule has 6 nitrogen and oxygen atoms in total. The summed E-state index contributed by atoms with van der Waals surface area (Å²) in [6, 6.07) is 10.5. The summed E-state index contributed by atoms with van der Waals surface area (Å²) in [5, 5.41) is 1.88. The van der Waals surface area contributed by atoms with Crippen molar-refractivity contribution in [1.82, 2.24) is 9.80 Å². The van der Waals surface area contributed by atoms with E-state index in [2.05, 4.69) is 0 Å². The SMILES string of the molecule is CCS(=O)(=O)Oc1cccc(CN(CCN(C)C)C(=O)c2cccs2)c1. The van der Waals surface area contributed by atoms with Gasteiger partial charge in [-0.1, -0.05) is 18.2 Å². The molecule has 0 aliphatic heterocycles. The molecule has 0 saturated carbocycles. The second kappa shape index (κ2) is 9.16. The number of rotatable bonds is 9. The van der Waals surface area contributed by atoms with Gasteiger partial charge in [-0.15, -0.1) is 11.3 Å². The third-order valence-electron chi connectivity index (χ3n) is 3.68. The van der Waals surface area contributed by atoms with Crippen molar-refractivity contribution >= 4 is 27.4 Å². The highest BCUT2D eigenvalue weighted by atomic mass is 32.2. The van der Waals surface area contributed by atoms with Gasteiger partial charge in [-0.25, -0.2) is 0 Å². The molecule has 0 aliphatic rings. The van der Waals surface area contributed by atoms with Crippen LogP contribution < -0.4 is 4.18 Å². The summed E-state index contributed by atoms with van der Waals surface area (Å²) in [4.78, 5) is 17.2. The molecular formula is C18H24N2O4S2. The van der Waals surface area contributed by atoms with Crippen LogP contribution in [0, 0.1) is 0 Å². The number of thiophene rings is 1. The Kier molecular flexibility index (Phi) is 7.19. The predicted octanol–water partition coefficient (Wildman–Crippen LogP) is 2.68. The summed E-state index contributed by atoms with van der Waals surface area (Å²) < 4.78 is 28.4. The molecule has 26 heavy (non-hydrogen) atoms. The highest BCUT2D eigenvalue weighted by molar-refractivity contribution is 7.87. The van der Waals surface area contributed by atoms with E-state index >= 15 is 0 Å². The highest BCUT2D eigenvalue weighted by Gasteiger charge is 2.18. The first-order chi connectivity index (χ1) is 12.3. The van der Waals surface area contributed by atoms with Crippen LogP contribution in [0.1, 0.15) is 22.2 Å². The Balaban J connectivity index is 2.18. The smallest absolute Gasteiger partial charge is 0.308 e. The average Bonchev–Trinajstić information content (AvgIpc) is 3.12. The average molecular weight is 397 g/mol. The van der Waals surface area contributed by atoms with E-state index in [-0.39, 0.29) is 17.4 Å². The molecule has 1 amide bonds. The Bertz CT molecular complexity index is 817. The van der Waals surface area contributed by atoms with Crippen LogP contribution in [-0.4, -0.2) is 57.1 Å². The van der Waals surface area contributed by atoms with Crippen molar-refractivity contribution in [3.8, 4) is 5.75 Å². The van der Waals surface area contributed by atoms with Crippen LogP contribution in [-0.2, 0) is 16.7 Å². The molecule has 142 valence electrons. The van der Waals surface area contributed by atoms with Crippen molar-refractivity contribution in [3.63, 3.8) is 0 Å². The first-order valence-electron chi connectivity index (χ1n) is 8.29. The van der Waals surface area contributed by atoms with Gasteiger partial charge in [-0.3, -0.25) is 4.79 Å². The third kappa shape index (κ3) is 6.12. The van der Waals surface area contributed by atoms with Crippen LogP contribution in [0.25, 0.3) is 0 Å². The van der Waals surface area contributed by atoms with Crippen LogP contribution in [0.3, 0.4) is 0 Å². The summed E-state index contributed by atoms with van der Waals surface area (Å²) in [6.45, 7) is 3.22. The van der Waals surface area contributed by atoms with E-state index in [1.54, 1.807) is 23.1 Å². The fourth-order valence-corrected chi connectivity index (χ4v) is 3.46. The van der Waals surface area contributed by atoms with E-state index < -0.39 is 10.1 Å². The van der Waals surface area contributed by atoms with E-state index in [9.17, 15) is 13.2 Å². The Morgan fingerprint density at radius 3 is 2.54 bits per heavy atom. The zero-order valence-corrected chi connectivity index (χ0v) is 16.8. The Labute approximate surface area is 159 Å². The predicted molar refractivity (Wildman–Crippen MR) is 104 cm³/mol. The molecule has 0 atom stereocenters. The second-order valence-electron chi connectivity index (χ2n) is 6.08. The molecule has 0 bridgehead atoms. The monoisotopic (exact) mass is 396 g/mol. The Hall–Kier alpha value is -1.90. The molecular weight excluding hydrogens is 372 g/mol. The van der Waals surface area contributed by atoms with E-state index in [0.717, 1.165) is 12.1 Å². The zero-order chi connectivity index (χ0) is 19.2. The molecule has 2 aromatic rings. The minimum absolute atomic E-state index is 0.0330. The van der Waals surface area contributed by atoms with Gasteiger partial charge in [0.15, 0.2) is 0 Å². The number of carbonyl (C=O) groups excluding carboxylic acids is 1. The molecule has 0 N–H and O–H groups in total. The summed E-state index contributed by atoms with van der Waals surface area (Å²) in [6.07, 6.45) is 0. The fourth-order valence-electron chi connectivity index (χ4n) is 2.25. The summed E-state index contributed by atoms with van der Waals surface area (Å²) in [7, 11) is 0.336. The lowest BCUT2D eigenvalue weighted by Gasteiger charge is -2.24. The first-order valence-corrected chi connectivity index (χ1v) is 10.7. The lowest BCUT2D eigenvalue weighted by Crippen LogP contribution is -2.35. The van der Waals surface area contributed by atoms with Crippen molar-refractivity contribution in [3.05, 3.63) is 52.2 Å². The van der Waals surface area contributed by atoms with Crippen LogP contribution >= 0.6 is 11.3 Å². The zero-order valence-electron chi connectivity index (χ0n) is 15.2. The van der Waals surface area contributed by atoms with E-state index in [1.807, 2.05) is 42.6 Å². The van der Waals surface area contributed by atoms with Gasteiger partial charge >= 0.3 is 10.1 Å². The van der Waals surface area contributed by atoms with Gasteiger partial charge in [-0.05, 0) is 50.2 Å². The molecule has 0 fully saturated rings. The fraction of sp³-hybridized carbons (Fsp3) is 0.389. The molecule has 1 heterocycles. The highest BCUT2D eigenvalue weighted by Crippen LogP contribution is 2.19. The maximum Gasteiger partial charge on any atom is 0.308 e. The number of amides is 1. The largest absolute Gasteiger partial charge is 0.382 e. The number of nitrogens with zero attached hydrogens (tertiary/aromatic N) is 2. The van der Waals surface area contributed by atoms with E-state index in [4.69, 9.17) is 4.18 Å². The lowest BCUT2D eigenvalue weighted by atomic mass is 10.2. The molecule has 8 heteroatoms. The number of benzene rings is 1. The summed E-state index contributed by atoms with van der Waals surface area (Å²) in [5.41, 5.74) is 0.817. The minimum Gasteiger partial charge on any atom is -0.382 e. The van der Waals surface area contributed by atoms with Crippen LogP contribution in [0.5, 0.6) is 5.75 Å². The molecule has 2 rings (SSSR count). The quantitative estimate of drug-likeness (QED) is 0.610. The lowest BCUT2D eigenvalue weighted by molar-refractivity contribution is 0.0736. The third-order valence-corrected chi connectivity index (χ3v) is 5.70.